The molecule has 0 atom stereocenters. The second-order valence-electron chi connectivity index (χ2n) is 1.49. The molecule has 0 aliphatic carbocycles. The Morgan fingerprint density at radius 3 is 3.00 bits per heavy atom. The minimum absolute atomic E-state index is 0.0938. The van der Waals surface area contributed by atoms with Gasteiger partial charge in [-0.1, -0.05) is 16.8 Å². The van der Waals surface area contributed by atoms with E-state index in [1.165, 1.54) is 0 Å². The number of nitrogens with one attached hydrogen (secondary N) is 1. The number of aromatic nitrogens is 1. The molecule has 0 bridgehead atoms. The molecule has 2 N–H and O–H groups in total. The van der Waals surface area contributed by atoms with Crippen molar-refractivity contribution >= 4 is 16.8 Å². The van der Waals surface area contributed by atoms with Gasteiger partial charge in [0.05, 0.1) is 0 Å². The number of halogens is 1. The average molecular weight is 145 g/mol. The molecule has 0 fully saturated rings. The summed E-state index contributed by atoms with van der Waals surface area (Å²) in [6.07, 6.45) is 3.34. The van der Waals surface area contributed by atoms with Crippen molar-refractivity contribution in [2.24, 2.45) is 5.16 Å². The van der Waals surface area contributed by atoms with E-state index >= 15 is 0 Å². The predicted molar refractivity (Wildman–Crippen MR) is 35.0 cm³/mol. The Labute approximate surface area is 57.0 Å². The van der Waals surface area contributed by atoms with E-state index in [1.54, 1.807) is 18.5 Å². The van der Waals surface area contributed by atoms with Crippen LogP contribution in [0.25, 0.3) is 0 Å². The molecule has 1 rings (SSSR count). The van der Waals surface area contributed by atoms with Crippen LogP contribution in [0, 0.1) is 0 Å². The molecule has 0 aliphatic rings. The zero-order valence-electron chi connectivity index (χ0n) is 4.50. The zero-order valence-corrected chi connectivity index (χ0v) is 5.26. The summed E-state index contributed by atoms with van der Waals surface area (Å²) in [5, 5.41) is 11.0. The molecule has 1 aromatic heterocycles. The van der Waals surface area contributed by atoms with Crippen LogP contribution in [0.1, 0.15) is 5.56 Å². The maximum atomic E-state index is 8.15. The fraction of sp³-hybridized carbons (Fsp3) is 0. The molecule has 3 nitrogen and oxygen atoms in total. The third-order valence-electron chi connectivity index (χ3n) is 0.924. The van der Waals surface area contributed by atoms with Gasteiger partial charge in [-0.3, -0.25) is 0 Å². The van der Waals surface area contributed by atoms with Gasteiger partial charge in [-0.2, -0.15) is 0 Å². The van der Waals surface area contributed by atoms with Gasteiger partial charge in [0.2, 0.25) is 0 Å². The van der Waals surface area contributed by atoms with Crippen molar-refractivity contribution in [3.63, 3.8) is 0 Å². The van der Waals surface area contributed by atoms with E-state index in [0.717, 1.165) is 0 Å². The highest BCUT2D eigenvalue weighted by Crippen LogP contribution is 2.01. The first-order valence-electron chi connectivity index (χ1n) is 2.35. The molecule has 1 heterocycles. The van der Waals surface area contributed by atoms with Crippen LogP contribution in [0.2, 0.25) is 0 Å². The van der Waals surface area contributed by atoms with E-state index in [2.05, 4.69) is 10.1 Å². The lowest BCUT2D eigenvalue weighted by molar-refractivity contribution is 0.321. The lowest BCUT2D eigenvalue weighted by Gasteiger charge is -1.84. The summed E-state index contributed by atoms with van der Waals surface area (Å²) in [7, 11) is 0. The van der Waals surface area contributed by atoms with Crippen molar-refractivity contribution in [2.45, 2.75) is 0 Å². The maximum absolute atomic E-state index is 8.15. The van der Waals surface area contributed by atoms with E-state index in [-0.39, 0.29) is 5.17 Å². The Bertz CT molecular complexity index is 205. The minimum Gasteiger partial charge on any atom is -0.410 e. The summed E-state index contributed by atoms with van der Waals surface area (Å²) in [6, 6.07) is 1.71. The quantitative estimate of drug-likeness (QED) is 0.349. The fourth-order valence-corrected chi connectivity index (χ4v) is 0.627. The van der Waals surface area contributed by atoms with Crippen LogP contribution in [0.5, 0.6) is 0 Å². The number of H-pyrrole nitrogens is 1. The smallest absolute Gasteiger partial charge is 0.176 e. The molecule has 0 aliphatic heterocycles. The predicted octanol–water partition coefficient (Wildman–Crippen LogP) is 1.39. The van der Waals surface area contributed by atoms with Crippen molar-refractivity contribution in [3.05, 3.63) is 24.0 Å². The average Bonchev–Trinajstić information content (AvgIpc) is 2.37. The number of oxime groups is 1. The van der Waals surface area contributed by atoms with E-state index in [1.807, 2.05) is 0 Å². The lowest BCUT2D eigenvalue weighted by Crippen LogP contribution is -1.85. The molecular weight excluding hydrogens is 140 g/mol. The van der Waals surface area contributed by atoms with Gasteiger partial charge < -0.3 is 10.2 Å². The van der Waals surface area contributed by atoms with Crippen molar-refractivity contribution < 1.29 is 5.21 Å². The van der Waals surface area contributed by atoms with Crippen LogP contribution in [0.15, 0.2) is 23.6 Å². The Kier molecular flexibility index (Phi) is 1.75. The highest BCUT2D eigenvalue weighted by Gasteiger charge is 1.97. The Hall–Kier alpha value is -0.960. The highest BCUT2D eigenvalue weighted by atomic mass is 35.5. The molecule has 0 radical (unpaired) electrons. The van der Waals surface area contributed by atoms with Gasteiger partial charge in [-0.05, 0) is 6.07 Å². The molecule has 1 aromatic rings. The number of rotatable bonds is 1. The first-order chi connectivity index (χ1) is 4.34. The van der Waals surface area contributed by atoms with E-state index in [9.17, 15) is 0 Å². The van der Waals surface area contributed by atoms with Crippen LogP contribution in [0.4, 0.5) is 0 Å². The minimum atomic E-state index is 0.0938. The topological polar surface area (TPSA) is 48.4 Å². The summed E-state index contributed by atoms with van der Waals surface area (Å²) >= 11 is 5.41. The van der Waals surface area contributed by atoms with Crippen LogP contribution in [-0.2, 0) is 0 Å². The van der Waals surface area contributed by atoms with Gasteiger partial charge in [0.25, 0.3) is 0 Å². The second-order valence-corrected chi connectivity index (χ2v) is 1.85. The van der Waals surface area contributed by atoms with Crippen LogP contribution in [-0.4, -0.2) is 15.4 Å². The Morgan fingerprint density at radius 1 is 1.78 bits per heavy atom. The van der Waals surface area contributed by atoms with Gasteiger partial charge in [0, 0.05) is 18.0 Å². The molecule has 9 heavy (non-hydrogen) atoms. The summed E-state index contributed by atoms with van der Waals surface area (Å²) in [4.78, 5) is 2.77. The Balaban J connectivity index is 2.90. The van der Waals surface area contributed by atoms with Crippen molar-refractivity contribution in [3.8, 4) is 0 Å². The summed E-state index contributed by atoms with van der Waals surface area (Å²) < 4.78 is 0. The molecule has 0 saturated carbocycles. The molecule has 0 aromatic carbocycles. The standard InChI is InChI=1S/C5H5ClN2O/c6-5(8-9)4-1-2-7-3-4/h1-3,7,9H. The van der Waals surface area contributed by atoms with Crippen LogP contribution >= 0.6 is 11.6 Å². The van der Waals surface area contributed by atoms with E-state index < -0.39 is 0 Å². The van der Waals surface area contributed by atoms with E-state index in [0.29, 0.717) is 5.56 Å². The van der Waals surface area contributed by atoms with Gasteiger partial charge in [-0.25, -0.2) is 0 Å². The number of hydrogen-bond donors (Lipinski definition) is 2. The third kappa shape index (κ3) is 1.23. The fourth-order valence-electron chi connectivity index (χ4n) is 0.510. The summed E-state index contributed by atoms with van der Waals surface area (Å²) in [5.74, 6) is 0. The van der Waals surface area contributed by atoms with Crippen molar-refractivity contribution in [2.75, 3.05) is 0 Å². The van der Waals surface area contributed by atoms with E-state index in [4.69, 9.17) is 16.8 Å². The third-order valence-corrected chi connectivity index (χ3v) is 1.22. The molecule has 0 spiro atoms. The molecule has 4 heteroatoms. The van der Waals surface area contributed by atoms with Gasteiger partial charge in [0.15, 0.2) is 5.17 Å². The molecule has 0 unspecified atom stereocenters. The largest absolute Gasteiger partial charge is 0.410 e. The van der Waals surface area contributed by atoms with Crippen LogP contribution < -0.4 is 0 Å². The number of nitrogens with zero attached hydrogens (tertiary/aromatic N) is 1. The second kappa shape index (κ2) is 2.55. The molecular formula is C5H5ClN2O. The van der Waals surface area contributed by atoms with Crippen LogP contribution in [0.3, 0.4) is 0 Å². The zero-order chi connectivity index (χ0) is 6.69. The van der Waals surface area contributed by atoms with Crippen molar-refractivity contribution in [1.82, 2.24) is 4.98 Å². The van der Waals surface area contributed by atoms with Gasteiger partial charge in [-0.15, -0.1) is 0 Å². The monoisotopic (exact) mass is 144 g/mol. The molecule has 0 amide bonds. The number of hydrogen-bond acceptors (Lipinski definition) is 2. The highest BCUT2D eigenvalue weighted by molar-refractivity contribution is 6.69. The maximum Gasteiger partial charge on any atom is 0.176 e. The molecule has 0 saturated heterocycles. The first kappa shape index (κ1) is 6.16. The SMILES string of the molecule is ON=C(Cl)c1cc[nH]c1. The number of aromatic amines is 1. The van der Waals surface area contributed by atoms with Crippen molar-refractivity contribution in [1.29, 1.82) is 0 Å². The normalized spacial score (nSPS) is 11.9. The first-order valence-corrected chi connectivity index (χ1v) is 2.73. The summed E-state index contributed by atoms with van der Waals surface area (Å²) in [5.41, 5.74) is 0.680. The van der Waals surface area contributed by atoms with Gasteiger partial charge >= 0.3 is 0 Å². The Morgan fingerprint density at radius 2 is 2.56 bits per heavy atom. The lowest BCUT2D eigenvalue weighted by atomic mass is 10.4. The summed E-state index contributed by atoms with van der Waals surface area (Å²) in [6.45, 7) is 0. The molecule has 48 valence electrons. The van der Waals surface area contributed by atoms with Gasteiger partial charge in [0.1, 0.15) is 0 Å².